The van der Waals surface area contributed by atoms with E-state index in [1.165, 1.54) is 101 Å². The number of hydrogen-bond donors (Lipinski definition) is 2. The molecule has 0 aliphatic heterocycles. The first kappa shape index (κ1) is 29.3. The molecule has 0 spiro atoms. The SMILES string of the molecule is CCCCCCCCCCCCCCCCC(c1ccc(O)c(CC)c1)c1ccc(O)c(CC)c1. The van der Waals surface area contributed by atoms with Crippen molar-refractivity contribution in [1.29, 1.82) is 0 Å². The Morgan fingerprint density at radius 1 is 0.514 bits per heavy atom. The van der Waals surface area contributed by atoms with Crippen molar-refractivity contribution < 1.29 is 10.2 Å². The number of aryl methyl sites for hydroxylation is 2. The van der Waals surface area contributed by atoms with Crippen molar-refractivity contribution in [3.05, 3.63) is 58.7 Å². The minimum atomic E-state index is 0.309. The standard InChI is InChI=1S/C33H52O2/c1-4-7-8-9-10-11-12-13-14-15-16-17-18-19-20-31(29-21-23-32(34)27(5-2)25-29)30-22-24-33(35)28(6-3)26-30/h21-26,31,34-35H,4-20H2,1-3H3. The van der Waals surface area contributed by atoms with Gasteiger partial charge in [0, 0.05) is 5.92 Å². The van der Waals surface area contributed by atoms with Gasteiger partial charge in [0.1, 0.15) is 11.5 Å². The van der Waals surface area contributed by atoms with Crippen molar-refractivity contribution in [3.8, 4) is 11.5 Å². The molecule has 2 heteroatoms. The van der Waals surface area contributed by atoms with E-state index in [9.17, 15) is 10.2 Å². The Labute approximate surface area is 216 Å². The second-order valence-electron chi connectivity index (χ2n) is 10.4. The first-order valence-corrected chi connectivity index (χ1v) is 14.7. The van der Waals surface area contributed by atoms with Gasteiger partial charge in [0.15, 0.2) is 0 Å². The van der Waals surface area contributed by atoms with E-state index in [0.29, 0.717) is 17.4 Å². The molecule has 0 unspecified atom stereocenters. The van der Waals surface area contributed by atoms with E-state index in [2.05, 4.69) is 45.0 Å². The fraction of sp³-hybridized carbons (Fsp3) is 0.636. The van der Waals surface area contributed by atoms with Crippen LogP contribution in [0.4, 0.5) is 0 Å². The zero-order valence-electron chi connectivity index (χ0n) is 23.0. The van der Waals surface area contributed by atoms with Gasteiger partial charge in [-0.15, -0.1) is 0 Å². The minimum absolute atomic E-state index is 0.309. The van der Waals surface area contributed by atoms with Crippen molar-refractivity contribution in [2.75, 3.05) is 0 Å². The summed E-state index contributed by atoms with van der Waals surface area (Å²) in [7, 11) is 0. The van der Waals surface area contributed by atoms with Crippen LogP contribution in [0.25, 0.3) is 0 Å². The van der Waals surface area contributed by atoms with Crippen LogP contribution in [0.3, 0.4) is 0 Å². The van der Waals surface area contributed by atoms with E-state index in [1.54, 1.807) is 0 Å². The summed E-state index contributed by atoms with van der Waals surface area (Å²) in [6.07, 6.45) is 22.1. The molecule has 2 N–H and O–H groups in total. The Hall–Kier alpha value is -1.96. The van der Waals surface area contributed by atoms with Crippen molar-refractivity contribution in [2.45, 2.75) is 136 Å². The van der Waals surface area contributed by atoms with Gasteiger partial charge in [0.25, 0.3) is 0 Å². The Bertz CT molecular complexity index is 772. The highest BCUT2D eigenvalue weighted by molar-refractivity contribution is 5.44. The molecule has 2 aromatic carbocycles. The van der Waals surface area contributed by atoms with E-state index in [0.717, 1.165) is 30.4 Å². The highest BCUT2D eigenvalue weighted by Gasteiger charge is 2.17. The molecule has 2 nitrogen and oxygen atoms in total. The molecule has 0 fully saturated rings. The smallest absolute Gasteiger partial charge is 0.118 e. The molecule has 2 aromatic rings. The lowest BCUT2D eigenvalue weighted by atomic mass is 9.84. The van der Waals surface area contributed by atoms with Crippen LogP contribution in [0.2, 0.25) is 0 Å². The zero-order chi connectivity index (χ0) is 25.3. The highest BCUT2D eigenvalue weighted by atomic mass is 16.3. The fourth-order valence-corrected chi connectivity index (χ4v) is 5.28. The summed E-state index contributed by atoms with van der Waals surface area (Å²) >= 11 is 0. The fourth-order valence-electron chi connectivity index (χ4n) is 5.28. The Morgan fingerprint density at radius 3 is 1.26 bits per heavy atom. The number of rotatable bonds is 19. The predicted octanol–water partition coefficient (Wildman–Crippen LogP) is 10.2. The van der Waals surface area contributed by atoms with Crippen LogP contribution in [-0.4, -0.2) is 10.2 Å². The van der Waals surface area contributed by atoms with Crippen LogP contribution >= 0.6 is 0 Å². The lowest BCUT2D eigenvalue weighted by Crippen LogP contribution is -2.03. The topological polar surface area (TPSA) is 40.5 Å². The summed E-state index contributed by atoms with van der Waals surface area (Å²) in [6.45, 7) is 6.47. The average molecular weight is 481 g/mol. The second-order valence-corrected chi connectivity index (χ2v) is 10.4. The Balaban J connectivity index is 1.78. The predicted molar refractivity (Wildman–Crippen MR) is 152 cm³/mol. The third kappa shape index (κ3) is 10.7. The van der Waals surface area contributed by atoms with Crippen LogP contribution in [0.1, 0.15) is 145 Å². The molecule has 0 aliphatic rings. The van der Waals surface area contributed by atoms with E-state index < -0.39 is 0 Å². The lowest BCUT2D eigenvalue weighted by molar-refractivity contribution is 0.468. The molecule has 35 heavy (non-hydrogen) atoms. The van der Waals surface area contributed by atoms with Crippen molar-refractivity contribution in [1.82, 2.24) is 0 Å². The van der Waals surface area contributed by atoms with Crippen LogP contribution in [0.15, 0.2) is 36.4 Å². The van der Waals surface area contributed by atoms with E-state index in [-0.39, 0.29) is 0 Å². The normalized spacial score (nSPS) is 11.4. The molecule has 2 rings (SSSR count). The highest BCUT2D eigenvalue weighted by Crippen LogP contribution is 2.35. The third-order valence-electron chi connectivity index (χ3n) is 7.62. The maximum atomic E-state index is 10.2. The molecule has 0 radical (unpaired) electrons. The first-order chi connectivity index (χ1) is 17.1. The molecular weight excluding hydrogens is 428 g/mol. The maximum absolute atomic E-state index is 10.2. The van der Waals surface area contributed by atoms with Crippen LogP contribution in [0, 0.1) is 0 Å². The molecule has 0 amide bonds. The molecular formula is C33H52O2. The first-order valence-electron chi connectivity index (χ1n) is 14.7. The number of unbranched alkanes of at least 4 members (excludes halogenated alkanes) is 13. The number of aromatic hydroxyl groups is 2. The monoisotopic (exact) mass is 480 g/mol. The van der Waals surface area contributed by atoms with E-state index in [4.69, 9.17) is 0 Å². The summed E-state index contributed by atoms with van der Waals surface area (Å²) in [5.74, 6) is 1.10. The van der Waals surface area contributed by atoms with Crippen molar-refractivity contribution >= 4 is 0 Å². The number of phenols is 2. The number of phenolic OH excluding ortho intramolecular Hbond substituents is 2. The largest absolute Gasteiger partial charge is 0.508 e. The molecule has 196 valence electrons. The van der Waals surface area contributed by atoms with Gasteiger partial charge >= 0.3 is 0 Å². The zero-order valence-corrected chi connectivity index (χ0v) is 23.0. The third-order valence-corrected chi connectivity index (χ3v) is 7.62. The van der Waals surface area contributed by atoms with Gasteiger partial charge in [-0.1, -0.05) is 135 Å². The van der Waals surface area contributed by atoms with Gasteiger partial charge in [-0.05, 0) is 53.6 Å². The van der Waals surface area contributed by atoms with Gasteiger partial charge in [-0.25, -0.2) is 0 Å². The summed E-state index contributed by atoms with van der Waals surface area (Å²) in [5.41, 5.74) is 4.59. The lowest BCUT2D eigenvalue weighted by Gasteiger charge is -2.20. The van der Waals surface area contributed by atoms with Crippen LogP contribution in [-0.2, 0) is 12.8 Å². The molecule has 0 heterocycles. The van der Waals surface area contributed by atoms with Gasteiger partial charge in [-0.2, -0.15) is 0 Å². The Kier molecular flexibility index (Phi) is 14.6. The van der Waals surface area contributed by atoms with E-state index in [1.807, 2.05) is 12.1 Å². The van der Waals surface area contributed by atoms with Gasteiger partial charge < -0.3 is 10.2 Å². The molecule has 0 aliphatic carbocycles. The Morgan fingerprint density at radius 2 is 0.886 bits per heavy atom. The van der Waals surface area contributed by atoms with Crippen LogP contribution in [0.5, 0.6) is 11.5 Å². The summed E-state index contributed by atoms with van der Waals surface area (Å²) in [4.78, 5) is 0. The maximum Gasteiger partial charge on any atom is 0.118 e. The molecule has 0 saturated carbocycles. The second kappa shape index (κ2) is 17.5. The van der Waals surface area contributed by atoms with Gasteiger partial charge in [-0.3, -0.25) is 0 Å². The molecule has 0 aromatic heterocycles. The summed E-state index contributed by atoms with van der Waals surface area (Å²) in [6, 6.07) is 12.2. The molecule has 0 atom stereocenters. The molecule has 0 saturated heterocycles. The minimum Gasteiger partial charge on any atom is -0.508 e. The molecule has 0 bridgehead atoms. The van der Waals surface area contributed by atoms with Crippen molar-refractivity contribution in [3.63, 3.8) is 0 Å². The summed E-state index contributed by atoms with van der Waals surface area (Å²) in [5, 5.41) is 20.4. The quantitative estimate of drug-likeness (QED) is 0.196. The number of hydrogen-bond acceptors (Lipinski definition) is 2. The summed E-state index contributed by atoms with van der Waals surface area (Å²) < 4.78 is 0. The van der Waals surface area contributed by atoms with Crippen LogP contribution < -0.4 is 0 Å². The number of benzene rings is 2. The van der Waals surface area contributed by atoms with E-state index >= 15 is 0 Å². The van der Waals surface area contributed by atoms with Crippen molar-refractivity contribution in [2.24, 2.45) is 0 Å². The average Bonchev–Trinajstić information content (AvgIpc) is 2.87. The van der Waals surface area contributed by atoms with Gasteiger partial charge in [0.05, 0.1) is 0 Å². The van der Waals surface area contributed by atoms with Gasteiger partial charge in [0.2, 0.25) is 0 Å².